The molecule has 22 heavy (non-hydrogen) atoms. The summed E-state index contributed by atoms with van der Waals surface area (Å²) in [6, 6.07) is 7.15. The number of piperidine rings is 1. The molecule has 0 spiro atoms. The van der Waals surface area contributed by atoms with Crippen LogP contribution in [0.15, 0.2) is 24.3 Å². The Bertz CT molecular complexity index is 291. The minimum absolute atomic E-state index is 0.0613. The van der Waals surface area contributed by atoms with Crippen LogP contribution in [0.4, 0.5) is 0 Å². The Morgan fingerprint density at radius 1 is 1.05 bits per heavy atom. The smallest absolute Gasteiger partial charge is 0.115 e. The van der Waals surface area contributed by atoms with Gasteiger partial charge in [0.25, 0.3) is 0 Å². The van der Waals surface area contributed by atoms with Gasteiger partial charge < -0.3 is 15.1 Å². The van der Waals surface area contributed by atoms with Crippen LogP contribution >= 0.6 is 0 Å². The maximum Gasteiger partial charge on any atom is 0.115 e. The van der Waals surface area contributed by atoms with E-state index < -0.39 is 0 Å². The van der Waals surface area contributed by atoms with Crippen LogP contribution in [0.25, 0.3) is 0 Å². The Balaban J connectivity index is -0.000000246. The first-order valence-electron chi connectivity index (χ1n) is 8.70. The number of aryl methyl sites for hydroxylation is 1. The van der Waals surface area contributed by atoms with Crippen molar-refractivity contribution in [1.82, 2.24) is 4.90 Å². The van der Waals surface area contributed by atoms with Crippen LogP contribution in [0.5, 0.6) is 5.75 Å². The third kappa shape index (κ3) is 17.0. The molecular formula is C19H39NO2. The fourth-order valence-electron chi connectivity index (χ4n) is 1.77. The fourth-order valence-corrected chi connectivity index (χ4v) is 1.77. The Morgan fingerprint density at radius 3 is 1.86 bits per heavy atom. The Kier molecular flexibility index (Phi) is 23.4. The van der Waals surface area contributed by atoms with E-state index in [9.17, 15) is 0 Å². The highest BCUT2D eigenvalue weighted by Crippen LogP contribution is 2.08. The number of aliphatic hydroxyl groups excluding tert-OH is 1. The average Bonchev–Trinajstić information content (AvgIpc) is 2.53. The summed E-state index contributed by atoms with van der Waals surface area (Å²) < 4.78 is 0. The number of phenols is 1. The molecule has 0 saturated carbocycles. The molecule has 1 aliphatic rings. The van der Waals surface area contributed by atoms with Crippen LogP contribution in [-0.2, 0) is 0 Å². The Hall–Kier alpha value is -1.06. The molecule has 1 heterocycles. The highest BCUT2D eigenvalue weighted by Gasteiger charge is 2.12. The fraction of sp³-hybridized carbons (Fsp3) is 0.684. The van der Waals surface area contributed by atoms with E-state index in [1.54, 1.807) is 12.1 Å². The standard InChI is InChI=1S/C7H8O.C6H13NO.3C2H6/c1-6-3-2-4-7(8)5-6;1-7-4-2-3-6(8)5-7;3*1-2/h2-5,8H,1H3;6,8H,2-5H2,1H3;3*1-2H3. The number of likely N-dealkylation sites (tertiary alicyclic amines) is 1. The zero-order valence-corrected chi connectivity index (χ0v) is 16.1. The number of hydrogen-bond acceptors (Lipinski definition) is 3. The van der Waals surface area contributed by atoms with Gasteiger partial charge in [0.1, 0.15) is 5.75 Å². The van der Waals surface area contributed by atoms with Crippen LogP contribution < -0.4 is 0 Å². The minimum atomic E-state index is -0.0613. The van der Waals surface area contributed by atoms with Crippen molar-refractivity contribution in [3.8, 4) is 5.75 Å². The third-order valence-corrected chi connectivity index (χ3v) is 2.60. The SMILES string of the molecule is CC.CC.CC.CN1CCCC(O)C1.Cc1cccc(O)c1. The van der Waals surface area contributed by atoms with Gasteiger partial charge in [-0.15, -0.1) is 0 Å². The maximum absolute atomic E-state index is 9.04. The van der Waals surface area contributed by atoms with E-state index >= 15 is 0 Å². The lowest BCUT2D eigenvalue weighted by Crippen LogP contribution is -2.34. The van der Waals surface area contributed by atoms with Gasteiger partial charge in [-0.05, 0) is 51.1 Å². The van der Waals surface area contributed by atoms with Crippen LogP contribution in [-0.4, -0.2) is 41.4 Å². The predicted molar refractivity (Wildman–Crippen MR) is 99.6 cm³/mol. The summed E-state index contributed by atoms with van der Waals surface area (Å²) >= 11 is 0. The molecule has 1 aromatic rings. The molecule has 2 rings (SSSR count). The van der Waals surface area contributed by atoms with Crippen molar-refractivity contribution in [1.29, 1.82) is 0 Å². The lowest BCUT2D eigenvalue weighted by atomic mass is 10.1. The summed E-state index contributed by atoms with van der Waals surface area (Å²) in [5, 5.41) is 17.9. The number of hydrogen-bond donors (Lipinski definition) is 2. The Morgan fingerprint density at radius 2 is 1.59 bits per heavy atom. The molecule has 0 amide bonds. The van der Waals surface area contributed by atoms with E-state index in [2.05, 4.69) is 4.90 Å². The van der Waals surface area contributed by atoms with Crippen molar-refractivity contribution in [2.45, 2.75) is 67.4 Å². The molecule has 132 valence electrons. The zero-order valence-electron chi connectivity index (χ0n) is 16.1. The lowest BCUT2D eigenvalue weighted by molar-refractivity contribution is 0.0846. The van der Waals surface area contributed by atoms with Gasteiger partial charge in [-0.25, -0.2) is 0 Å². The third-order valence-electron chi connectivity index (χ3n) is 2.60. The molecule has 2 N–H and O–H groups in total. The van der Waals surface area contributed by atoms with Gasteiger partial charge in [0.05, 0.1) is 6.10 Å². The van der Waals surface area contributed by atoms with Gasteiger partial charge in [-0.2, -0.15) is 0 Å². The summed E-state index contributed by atoms with van der Waals surface area (Å²) in [6.45, 7) is 16.0. The first-order chi connectivity index (χ1) is 10.6. The summed E-state index contributed by atoms with van der Waals surface area (Å²) in [7, 11) is 2.04. The molecule has 1 unspecified atom stereocenters. The van der Waals surface area contributed by atoms with Crippen molar-refractivity contribution in [2.24, 2.45) is 0 Å². The van der Waals surface area contributed by atoms with Crippen molar-refractivity contribution in [3.05, 3.63) is 29.8 Å². The number of nitrogens with zero attached hydrogens (tertiary/aromatic N) is 1. The first-order valence-corrected chi connectivity index (χ1v) is 8.70. The molecule has 1 aliphatic heterocycles. The van der Waals surface area contributed by atoms with Gasteiger partial charge in [-0.3, -0.25) is 0 Å². The monoisotopic (exact) mass is 313 g/mol. The summed E-state index contributed by atoms with van der Waals surface area (Å²) in [6.07, 6.45) is 2.08. The molecule has 0 radical (unpaired) electrons. The number of phenolic OH excluding ortho intramolecular Hbond substituents is 1. The van der Waals surface area contributed by atoms with Crippen LogP contribution in [0, 0.1) is 6.92 Å². The molecule has 1 atom stereocenters. The van der Waals surface area contributed by atoms with Crippen LogP contribution in [0.3, 0.4) is 0 Å². The number of rotatable bonds is 0. The molecule has 1 saturated heterocycles. The number of β-amino-alcohol motifs (C(OH)–C–C–N with tert-alkyl or cyclic N) is 1. The van der Waals surface area contributed by atoms with E-state index in [1.807, 2.05) is 67.6 Å². The molecular weight excluding hydrogens is 274 g/mol. The normalized spacial score (nSPS) is 16.1. The van der Waals surface area contributed by atoms with Crippen LogP contribution in [0.1, 0.15) is 59.9 Å². The van der Waals surface area contributed by atoms with E-state index in [0.29, 0.717) is 5.75 Å². The highest BCUT2D eigenvalue weighted by atomic mass is 16.3. The average molecular weight is 314 g/mol. The number of benzene rings is 1. The highest BCUT2D eigenvalue weighted by molar-refractivity contribution is 5.25. The van der Waals surface area contributed by atoms with Gasteiger partial charge in [0.2, 0.25) is 0 Å². The van der Waals surface area contributed by atoms with E-state index in [4.69, 9.17) is 10.2 Å². The first kappa shape index (κ1) is 25.9. The van der Waals surface area contributed by atoms with Crippen molar-refractivity contribution >= 4 is 0 Å². The second-order valence-corrected chi connectivity index (χ2v) is 4.40. The molecule has 1 aromatic carbocycles. The van der Waals surface area contributed by atoms with Crippen molar-refractivity contribution < 1.29 is 10.2 Å². The lowest BCUT2D eigenvalue weighted by Gasteiger charge is -2.25. The minimum Gasteiger partial charge on any atom is -0.508 e. The number of aliphatic hydroxyl groups is 1. The molecule has 3 heteroatoms. The quantitative estimate of drug-likeness (QED) is 0.719. The zero-order chi connectivity index (χ0) is 18.0. The van der Waals surface area contributed by atoms with Gasteiger partial charge in [0.15, 0.2) is 0 Å². The second kappa shape index (κ2) is 19.9. The van der Waals surface area contributed by atoms with Crippen molar-refractivity contribution in [3.63, 3.8) is 0 Å². The Labute approximate surface area is 139 Å². The van der Waals surface area contributed by atoms with Crippen LogP contribution in [0.2, 0.25) is 0 Å². The van der Waals surface area contributed by atoms with Gasteiger partial charge in [-0.1, -0.05) is 53.7 Å². The number of likely N-dealkylation sites (N-methyl/N-ethyl adjacent to an activating group) is 1. The van der Waals surface area contributed by atoms with Gasteiger partial charge >= 0.3 is 0 Å². The van der Waals surface area contributed by atoms with E-state index in [1.165, 1.54) is 0 Å². The van der Waals surface area contributed by atoms with Gasteiger partial charge in [0, 0.05) is 6.54 Å². The topological polar surface area (TPSA) is 43.7 Å². The molecule has 0 aromatic heterocycles. The molecule has 0 aliphatic carbocycles. The summed E-state index contributed by atoms with van der Waals surface area (Å²) in [5.41, 5.74) is 1.09. The summed E-state index contributed by atoms with van der Waals surface area (Å²) in [4.78, 5) is 2.16. The maximum atomic E-state index is 9.04. The van der Waals surface area contributed by atoms with Crippen molar-refractivity contribution in [2.75, 3.05) is 20.1 Å². The molecule has 3 nitrogen and oxygen atoms in total. The predicted octanol–water partition coefficient (Wildman–Crippen LogP) is 4.85. The molecule has 1 fully saturated rings. The summed E-state index contributed by atoms with van der Waals surface area (Å²) in [5.74, 6) is 0.338. The number of aromatic hydroxyl groups is 1. The van der Waals surface area contributed by atoms with E-state index in [-0.39, 0.29) is 6.10 Å². The second-order valence-electron chi connectivity index (χ2n) is 4.40. The largest absolute Gasteiger partial charge is 0.508 e. The molecule has 0 bridgehead atoms. The van der Waals surface area contributed by atoms with E-state index in [0.717, 1.165) is 31.5 Å².